The maximum atomic E-state index is 13.0. The van der Waals surface area contributed by atoms with Gasteiger partial charge >= 0.3 is 5.97 Å². The number of rotatable bonds is 7. The van der Waals surface area contributed by atoms with E-state index in [0.29, 0.717) is 37.4 Å². The molecule has 2 amide bonds. The van der Waals surface area contributed by atoms with Gasteiger partial charge < -0.3 is 15.0 Å². The smallest absolute Gasteiger partial charge is 0.338 e. The van der Waals surface area contributed by atoms with E-state index in [9.17, 15) is 18.8 Å². The number of amides is 2. The van der Waals surface area contributed by atoms with Crippen LogP contribution in [-0.4, -0.2) is 42.4 Å². The molecular formula is C22H23FN2O4. The van der Waals surface area contributed by atoms with Crippen LogP contribution in [0.5, 0.6) is 0 Å². The average Bonchev–Trinajstić information content (AvgIpc) is 3.09. The van der Waals surface area contributed by atoms with Gasteiger partial charge in [0.15, 0.2) is 0 Å². The topological polar surface area (TPSA) is 75.7 Å². The third-order valence-corrected chi connectivity index (χ3v) is 4.83. The molecule has 1 saturated heterocycles. The summed E-state index contributed by atoms with van der Waals surface area (Å²) in [6, 6.07) is 12.6. The van der Waals surface area contributed by atoms with Crippen molar-refractivity contribution >= 4 is 23.5 Å². The van der Waals surface area contributed by atoms with Gasteiger partial charge in [-0.15, -0.1) is 0 Å². The predicted octanol–water partition coefficient (Wildman–Crippen LogP) is 3.03. The second kappa shape index (κ2) is 9.32. The summed E-state index contributed by atoms with van der Waals surface area (Å²) in [4.78, 5) is 38.1. The number of carbonyl (C=O) groups excluding carboxylic acids is 3. The molecule has 3 rings (SSSR count). The number of nitrogens with one attached hydrogen (secondary N) is 1. The minimum Gasteiger partial charge on any atom is -0.462 e. The van der Waals surface area contributed by atoms with E-state index in [1.807, 2.05) is 0 Å². The molecule has 0 saturated carbocycles. The summed E-state index contributed by atoms with van der Waals surface area (Å²) in [6.45, 7) is 2.87. The Balaban J connectivity index is 1.52. The maximum Gasteiger partial charge on any atom is 0.338 e. The van der Waals surface area contributed by atoms with Crippen molar-refractivity contribution in [3.05, 3.63) is 65.5 Å². The van der Waals surface area contributed by atoms with Gasteiger partial charge in [0.2, 0.25) is 11.8 Å². The van der Waals surface area contributed by atoms with Crippen molar-refractivity contribution in [2.24, 2.45) is 5.92 Å². The Morgan fingerprint density at radius 3 is 2.48 bits per heavy atom. The Hall–Kier alpha value is -3.22. The molecule has 1 heterocycles. The molecule has 0 aliphatic carbocycles. The van der Waals surface area contributed by atoms with Gasteiger partial charge in [-0.3, -0.25) is 9.59 Å². The van der Waals surface area contributed by atoms with Crippen LogP contribution in [0.3, 0.4) is 0 Å². The predicted molar refractivity (Wildman–Crippen MR) is 106 cm³/mol. The van der Waals surface area contributed by atoms with E-state index in [2.05, 4.69) is 5.32 Å². The molecule has 0 aromatic heterocycles. The van der Waals surface area contributed by atoms with E-state index in [1.54, 1.807) is 48.2 Å². The maximum absolute atomic E-state index is 13.0. The first kappa shape index (κ1) is 20.5. The summed E-state index contributed by atoms with van der Waals surface area (Å²) in [6.07, 6.45) is 0.770. The van der Waals surface area contributed by atoms with Crippen LogP contribution < -0.4 is 5.32 Å². The fourth-order valence-electron chi connectivity index (χ4n) is 3.23. The van der Waals surface area contributed by atoms with Gasteiger partial charge in [-0.05, 0) is 55.3 Å². The number of likely N-dealkylation sites (tertiary alicyclic amines) is 1. The lowest BCUT2D eigenvalue weighted by molar-refractivity contribution is -0.128. The van der Waals surface area contributed by atoms with Crippen molar-refractivity contribution < 1.29 is 23.5 Å². The minimum absolute atomic E-state index is 0.0649. The molecule has 0 spiro atoms. The normalized spacial score (nSPS) is 16.0. The molecule has 1 aliphatic rings. The number of halogens is 1. The molecule has 1 N–H and O–H groups in total. The summed E-state index contributed by atoms with van der Waals surface area (Å²) in [5.41, 5.74) is 1.90. The quantitative estimate of drug-likeness (QED) is 0.728. The molecular weight excluding hydrogens is 375 g/mol. The van der Waals surface area contributed by atoms with Gasteiger partial charge in [0, 0.05) is 25.2 Å². The third kappa shape index (κ3) is 5.40. The Morgan fingerprint density at radius 1 is 1.14 bits per heavy atom. The van der Waals surface area contributed by atoms with Crippen LogP contribution in [0.15, 0.2) is 48.5 Å². The molecule has 1 aliphatic heterocycles. The Kier molecular flexibility index (Phi) is 6.59. The fourth-order valence-corrected chi connectivity index (χ4v) is 3.23. The Bertz CT molecular complexity index is 881. The summed E-state index contributed by atoms with van der Waals surface area (Å²) < 4.78 is 17.9. The van der Waals surface area contributed by atoms with E-state index in [1.165, 1.54) is 12.1 Å². The summed E-state index contributed by atoms with van der Waals surface area (Å²) >= 11 is 0. The lowest BCUT2D eigenvalue weighted by Gasteiger charge is -2.16. The zero-order valence-corrected chi connectivity index (χ0v) is 16.2. The number of hydrogen-bond donors (Lipinski definition) is 1. The van der Waals surface area contributed by atoms with Gasteiger partial charge in [0.25, 0.3) is 0 Å². The highest BCUT2D eigenvalue weighted by Gasteiger charge is 2.34. The molecule has 0 bridgehead atoms. The third-order valence-electron chi connectivity index (χ3n) is 4.83. The lowest BCUT2D eigenvalue weighted by Crippen LogP contribution is -2.30. The van der Waals surface area contributed by atoms with Crippen LogP contribution in [0.1, 0.15) is 29.3 Å². The molecule has 1 atom stereocenters. The van der Waals surface area contributed by atoms with E-state index in [-0.39, 0.29) is 24.1 Å². The zero-order valence-electron chi connectivity index (χ0n) is 16.2. The van der Waals surface area contributed by atoms with E-state index in [4.69, 9.17) is 4.74 Å². The van der Waals surface area contributed by atoms with Crippen LogP contribution >= 0.6 is 0 Å². The number of benzene rings is 2. The van der Waals surface area contributed by atoms with Crippen molar-refractivity contribution in [2.75, 3.05) is 25.0 Å². The molecule has 2 aromatic carbocycles. The van der Waals surface area contributed by atoms with Crippen LogP contribution in [0.25, 0.3) is 0 Å². The van der Waals surface area contributed by atoms with Crippen molar-refractivity contribution in [3.63, 3.8) is 0 Å². The lowest BCUT2D eigenvalue weighted by atomic mass is 10.1. The number of anilines is 1. The van der Waals surface area contributed by atoms with Gasteiger partial charge in [-0.1, -0.05) is 12.1 Å². The molecule has 6 nitrogen and oxygen atoms in total. The Labute approximate surface area is 168 Å². The van der Waals surface area contributed by atoms with E-state index < -0.39 is 11.9 Å². The van der Waals surface area contributed by atoms with Gasteiger partial charge in [0.05, 0.1) is 18.1 Å². The highest BCUT2D eigenvalue weighted by molar-refractivity contribution is 5.97. The molecule has 152 valence electrons. The van der Waals surface area contributed by atoms with Gasteiger partial charge in [-0.25, -0.2) is 9.18 Å². The average molecular weight is 398 g/mol. The monoisotopic (exact) mass is 398 g/mol. The van der Waals surface area contributed by atoms with Crippen LogP contribution in [0.2, 0.25) is 0 Å². The number of ether oxygens (including phenoxy) is 1. The number of hydrogen-bond acceptors (Lipinski definition) is 4. The van der Waals surface area contributed by atoms with Crippen LogP contribution in [0, 0.1) is 11.7 Å². The minimum atomic E-state index is -0.430. The largest absolute Gasteiger partial charge is 0.462 e. The zero-order chi connectivity index (χ0) is 20.8. The summed E-state index contributed by atoms with van der Waals surface area (Å²) in [5, 5.41) is 2.79. The molecule has 0 unspecified atom stereocenters. The van der Waals surface area contributed by atoms with E-state index in [0.717, 1.165) is 5.56 Å². The Morgan fingerprint density at radius 2 is 1.83 bits per heavy atom. The molecule has 0 radical (unpaired) electrons. The highest BCUT2D eigenvalue weighted by Crippen LogP contribution is 2.21. The van der Waals surface area contributed by atoms with Gasteiger partial charge in [-0.2, -0.15) is 0 Å². The van der Waals surface area contributed by atoms with Crippen molar-refractivity contribution in [1.82, 2.24) is 4.90 Å². The number of carbonyl (C=O) groups is 3. The molecule has 2 aromatic rings. The molecule has 7 heteroatoms. The SMILES string of the molecule is CCOC(=O)c1ccc(NC(=O)[C@H]2CC(=O)N(CCc3ccc(F)cc3)C2)cc1. The van der Waals surface area contributed by atoms with Crippen molar-refractivity contribution in [1.29, 1.82) is 0 Å². The summed E-state index contributed by atoms with van der Waals surface area (Å²) in [5.74, 6) is -1.43. The number of esters is 1. The second-order valence-electron chi connectivity index (χ2n) is 6.90. The van der Waals surface area contributed by atoms with Crippen LogP contribution in [-0.2, 0) is 20.7 Å². The highest BCUT2D eigenvalue weighted by atomic mass is 19.1. The molecule has 29 heavy (non-hydrogen) atoms. The fraction of sp³-hybridized carbons (Fsp3) is 0.318. The second-order valence-corrected chi connectivity index (χ2v) is 6.90. The first-order valence-corrected chi connectivity index (χ1v) is 9.56. The van der Waals surface area contributed by atoms with E-state index >= 15 is 0 Å². The van der Waals surface area contributed by atoms with Gasteiger partial charge in [0.1, 0.15) is 5.82 Å². The first-order valence-electron chi connectivity index (χ1n) is 9.56. The standard InChI is InChI=1S/C22H23FN2O4/c1-2-29-22(28)16-5-9-19(10-6-16)24-21(27)17-13-20(26)25(14-17)12-11-15-3-7-18(23)8-4-15/h3-10,17H,2,11-14H2,1H3,(H,24,27)/t17-/m0/s1. The summed E-state index contributed by atoms with van der Waals surface area (Å²) in [7, 11) is 0. The molecule has 1 fully saturated rings. The first-order chi connectivity index (χ1) is 14.0. The van der Waals surface area contributed by atoms with Crippen LogP contribution in [0.4, 0.5) is 10.1 Å². The van der Waals surface area contributed by atoms with Crippen molar-refractivity contribution in [2.45, 2.75) is 19.8 Å². The number of nitrogens with zero attached hydrogens (tertiary/aromatic N) is 1. The van der Waals surface area contributed by atoms with Crippen molar-refractivity contribution in [3.8, 4) is 0 Å².